The van der Waals surface area contributed by atoms with E-state index in [0.29, 0.717) is 25.8 Å². The maximum absolute atomic E-state index is 13.6. The third-order valence-electron chi connectivity index (χ3n) is 5.89. The second-order valence-corrected chi connectivity index (χ2v) is 9.98. The van der Waals surface area contributed by atoms with E-state index >= 15 is 0 Å². The summed E-state index contributed by atoms with van der Waals surface area (Å²) in [5, 5.41) is 2.67. The van der Waals surface area contributed by atoms with Crippen LogP contribution >= 0.6 is 0 Å². The molecule has 2 N–H and O–H groups in total. The van der Waals surface area contributed by atoms with E-state index in [-0.39, 0.29) is 55.9 Å². The molecule has 0 spiro atoms. The van der Waals surface area contributed by atoms with Crippen molar-refractivity contribution in [1.29, 1.82) is 0 Å². The molecule has 3 atom stereocenters. The Bertz CT molecular complexity index is 723. The summed E-state index contributed by atoms with van der Waals surface area (Å²) in [7, 11) is -3.39. The first-order valence-electron chi connectivity index (χ1n) is 9.61. The zero-order valence-electron chi connectivity index (χ0n) is 16.2. The van der Waals surface area contributed by atoms with Crippen molar-refractivity contribution in [1.82, 2.24) is 19.8 Å². The number of nitrogens with zero attached hydrogens (tertiary/aromatic N) is 2. The predicted octanol–water partition coefficient (Wildman–Crippen LogP) is -0.0967. The zero-order valence-corrected chi connectivity index (χ0v) is 17.0. The van der Waals surface area contributed by atoms with Gasteiger partial charge in [0.1, 0.15) is 6.04 Å². The van der Waals surface area contributed by atoms with Gasteiger partial charge in [0.25, 0.3) is 0 Å². The normalized spacial score (nSPS) is 31.6. The van der Waals surface area contributed by atoms with Gasteiger partial charge >= 0.3 is 0 Å². The lowest BCUT2D eigenvalue weighted by atomic mass is 9.89. The standard InChI is InChI=1S/C17H28F2N4O4S/c1-11(24)20-8-15-16(25)23-9-12(21-28(2,26)27)7-14(23)10-22(15)13-3-5-17(18,19)6-4-13/h12-15,21H,3-10H2,1-2H3,(H,20,24)/t12-,14-,15-/m0/s1. The van der Waals surface area contributed by atoms with Crippen molar-refractivity contribution < 1.29 is 26.8 Å². The monoisotopic (exact) mass is 422 g/mol. The topological polar surface area (TPSA) is 98.8 Å². The molecule has 1 saturated carbocycles. The highest BCUT2D eigenvalue weighted by Crippen LogP contribution is 2.37. The Morgan fingerprint density at radius 3 is 2.43 bits per heavy atom. The molecule has 0 unspecified atom stereocenters. The molecule has 1 aliphatic carbocycles. The minimum Gasteiger partial charge on any atom is -0.354 e. The van der Waals surface area contributed by atoms with E-state index in [4.69, 9.17) is 0 Å². The molecule has 3 rings (SSSR count). The van der Waals surface area contributed by atoms with E-state index in [1.807, 2.05) is 4.90 Å². The largest absolute Gasteiger partial charge is 0.354 e. The molecule has 2 amide bonds. The van der Waals surface area contributed by atoms with Crippen molar-refractivity contribution >= 4 is 21.8 Å². The Kier molecular flexibility index (Phi) is 5.98. The van der Waals surface area contributed by atoms with Crippen molar-refractivity contribution in [3.63, 3.8) is 0 Å². The molecule has 0 aromatic heterocycles. The van der Waals surface area contributed by atoms with Crippen molar-refractivity contribution in [3.05, 3.63) is 0 Å². The molecule has 0 bridgehead atoms. The number of nitrogens with one attached hydrogen (secondary N) is 2. The number of sulfonamides is 1. The molecule has 2 aliphatic heterocycles. The van der Waals surface area contributed by atoms with E-state index < -0.39 is 22.0 Å². The summed E-state index contributed by atoms with van der Waals surface area (Å²) in [4.78, 5) is 28.1. The minimum atomic E-state index is -3.39. The van der Waals surface area contributed by atoms with Gasteiger partial charge in [0, 0.05) is 57.5 Å². The highest BCUT2D eigenvalue weighted by atomic mass is 32.2. The number of alkyl halides is 2. The van der Waals surface area contributed by atoms with Gasteiger partial charge in [0.2, 0.25) is 27.8 Å². The average Bonchev–Trinajstić information content (AvgIpc) is 2.94. The molecule has 0 radical (unpaired) electrons. The lowest BCUT2D eigenvalue weighted by molar-refractivity contribution is -0.147. The smallest absolute Gasteiger partial charge is 0.248 e. The molecule has 3 aliphatic rings. The fourth-order valence-electron chi connectivity index (χ4n) is 4.66. The molecule has 0 aromatic rings. The second-order valence-electron chi connectivity index (χ2n) is 8.20. The first kappa shape index (κ1) is 21.4. The minimum absolute atomic E-state index is 0.119. The summed E-state index contributed by atoms with van der Waals surface area (Å²) in [5.74, 6) is -3.10. The van der Waals surface area contributed by atoms with Gasteiger partial charge in [-0.15, -0.1) is 0 Å². The summed E-state index contributed by atoms with van der Waals surface area (Å²) in [6.07, 6.45) is 1.76. The van der Waals surface area contributed by atoms with Crippen LogP contribution in [0.3, 0.4) is 0 Å². The van der Waals surface area contributed by atoms with Crippen LogP contribution in [0.1, 0.15) is 39.0 Å². The van der Waals surface area contributed by atoms with Crippen LogP contribution in [0.4, 0.5) is 8.78 Å². The molecular formula is C17H28F2N4O4S. The quantitative estimate of drug-likeness (QED) is 0.645. The van der Waals surface area contributed by atoms with Crippen molar-refractivity contribution in [2.75, 3.05) is 25.9 Å². The first-order chi connectivity index (χ1) is 13.0. The van der Waals surface area contributed by atoms with Gasteiger partial charge in [-0.25, -0.2) is 21.9 Å². The maximum atomic E-state index is 13.6. The average molecular weight is 422 g/mol. The highest BCUT2D eigenvalue weighted by molar-refractivity contribution is 7.88. The number of piperazine rings is 1. The van der Waals surface area contributed by atoms with Gasteiger partial charge < -0.3 is 10.2 Å². The number of carbonyl (C=O) groups excluding carboxylic acids is 2. The number of amides is 2. The Hall–Kier alpha value is -1.33. The Morgan fingerprint density at radius 2 is 1.86 bits per heavy atom. The van der Waals surface area contributed by atoms with Gasteiger partial charge in [-0.1, -0.05) is 0 Å². The molecule has 0 aromatic carbocycles. The molecule has 160 valence electrons. The summed E-state index contributed by atoms with van der Waals surface area (Å²) in [5.41, 5.74) is 0. The van der Waals surface area contributed by atoms with Crippen LogP contribution in [0.5, 0.6) is 0 Å². The van der Waals surface area contributed by atoms with E-state index in [1.165, 1.54) is 6.92 Å². The number of halogens is 2. The highest BCUT2D eigenvalue weighted by Gasteiger charge is 2.49. The number of fused-ring (bicyclic) bond motifs is 1. The SMILES string of the molecule is CC(=O)NC[C@H]1C(=O)N2C[C@@H](NS(C)(=O)=O)C[C@H]2CN1C1CCC(F)(F)CC1. The van der Waals surface area contributed by atoms with Crippen LogP contribution in [-0.4, -0.2) is 86.0 Å². The summed E-state index contributed by atoms with van der Waals surface area (Å²) < 4.78 is 52.8. The first-order valence-corrected chi connectivity index (χ1v) is 11.5. The van der Waals surface area contributed by atoms with Crippen LogP contribution < -0.4 is 10.0 Å². The fourth-order valence-corrected chi connectivity index (χ4v) is 5.43. The van der Waals surface area contributed by atoms with E-state index in [1.54, 1.807) is 4.90 Å². The van der Waals surface area contributed by atoms with Crippen LogP contribution in [0, 0.1) is 0 Å². The lowest BCUT2D eigenvalue weighted by Gasteiger charge is -2.47. The molecule has 8 nitrogen and oxygen atoms in total. The van der Waals surface area contributed by atoms with Gasteiger partial charge in [-0.3, -0.25) is 14.5 Å². The van der Waals surface area contributed by atoms with Crippen molar-refractivity contribution in [2.45, 2.75) is 69.1 Å². The van der Waals surface area contributed by atoms with Crippen LogP contribution in [-0.2, 0) is 19.6 Å². The Labute approximate surface area is 164 Å². The number of hydrogen-bond acceptors (Lipinski definition) is 5. The van der Waals surface area contributed by atoms with Gasteiger partial charge in [0.05, 0.1) is 6.26 Å². The molecular weight excluding hydrogens is 394 g/mol. The van der Waals surface area contributed by atoms with Gasteiger partial charge in [0.15, 0.2) is 0 Å². The zero-order chi connectivity index (χ0) is 20.7. The maximum Gasteiger partial charge on any atom is 0.248 e. The summed E-state index contributed by atoms with van der Waals surface area (Å²) in [6, 6.07) is -1.29. The van der Waals surface area contributed by atoms with Crippen LogP contribution in [0.25, 0.3) is 0 Å². The predicted molar refractivity (Wildman–Crippen MR) is 98.3 cm³/mol. The van der Waals surface area contributed by atoms with E-state index in [2.05, 4.69) is 10.0 Å². The summed E-state index contributed by atoms with van der Waals surface area (Å²) in [6.45, 7) is 2.26. The second kappa shape index (κ2) is 7.83. The number of carbonyl (C=O) groups is 2. The van der Waals surface area contributed by atoms with Crippen molar-refractivity contribution in [3.8, 4) is 0 Å². The molecule has 3 fully saturated rings. The molecule has 2 heterocycles. The molecule has 11 heteroatoms. The molecule has 2 saturated heterocycles. The lowest BCUT2D eigenvalue weighted by Crippen LogP contribution is -2.65. The Morgan fingerprint density at radius 1 is 1.21 bits per heavy atom. The van der Waals surface area contributed by atoms with Crippen LogP contribution in [0.15, 0.2) is 0 Å². The number of rotatable bonds is 5. The van der Waals surface area contributed by atoms with Crippen LogP contribution in [0.2, 0.25) is 0 Å². The third kappa shape index (κ3) is 4.98. The van der Waals surface area contributed by atoms with Gasteiger partial charge in [-0.2, -0.15) is 0 Å². The van der Waals surface area contributed by atoms with Crippen molar-refractivity contribution in [2.24, 2.45) is 0 Å². The van der Waals surface area contributed by atoms with E-state index in [0.717, 1.165) is 6.26 Å². The summed E-state index contributed by atoms with van der Waals surface area (Å²) >= 11 is 0. The fraction of sp³-hybridized carbons (Fsp3) is 0.882. The third-order valence-corrected chi connectivity index (χ3v) is 6.65. The number of hydrogen-bond donors (Lipinski definition) is 2. The van der Waals surface area contributed by atoms with Gasteiger partial charge in [-0.05, 0) is 19.3 Å². The molecule has 28 heavy (non-hydrogen) atoms. The Balaban J connectivity index is 1.76. The van der Waals surface area contributed by atoms with E-state index in [9.17, 15) is 26.8 Å².